The molecule has 0 aromatic heterocycles. The van der Waals surface area contributed by atoms with Crippen LogP contribution in [0.5, 0.6) is 0 Å². The van der Waals surface area contributed by atoms with Crippen molar-refractivity contribution >= 4 is 34.6 Å². The van der Waals surface area contributed by atoms with Gasteiger partial charge in [0.05, 0.1) is 32.1 Å². The predicted molar refractivity (Wildman–Crippen MR) is 149 cm³/mol. The number of carbonyl (C=O) groups is 2. The zero-order chi connectivity index (χ0) is 35.8. The number of rotatable bonds is 7. The maximum Gasteiger partial charge on any atom is 0.417 e. The van der Waals surface area contributed by atoms with Gasteiger partial charge in [-0.05, 0) is 59.7 Å². The summed E-state index contributed by atoms with van der Waals surface area (Å²) in [4.78, 5) is 45.1. The Labute approximate surface area is 261 Å². The van der Waals surface area contributed by atoms with Crippen molar-refractivity contribution in [1.82, 2.24) is 0 Å². The highest BCUT2D eigenvalue weighted by Crippen LogP contribution is 2.45. The lowest BCUT2D eigenvalue weighted by atomic mass is 9.93. The zero-order valence-corrected chi connectivity index (χ0v) is 23.3. The summed E-state index contributed by atoms with van der Waals surface area (Å²) in [5.74, 6) is -2.56. The van der Waals surface area contributed by atoms with Crippen LogP contribution >= 0.6 is 0 Å². The van der Waals surface area contributed by atoms with E-state index in [1.54, 1.807) is 0 Å². The van der Waals surface area contributed by atoms with Crippen LogP contribution in [0.1, 0.15) is 37.4 Å². The molecule has 0 spiro atoms. The number of carbonyl (C=O) groups excluding carboxylic acids is 2. The van der Waals surface area contributed by atoms with Gasteiger partial charge in [-0.15, -0.1) is 0 Å². The second-order valence-corrected chi connectivity index (χ2v) is 9.71. The van der Waals surface area contributed by atoms with Crippen molar-refractivity contribution in [3.05, 3.63) is 127 Å². The van der Waals surface area contributed by atoms with Crippen LogP contribution in [0.4, 0.5) is 62.3 Å². The first-order valence-electron chi connectivity index (χ1n) is 12.8. The molecule has 0 radical (unpaired) electrons. The number of amides is 2. The maximum atomic E-state index is 14.0. The highest BCUT2D eigenvalue weighted by molar-refractivity contribution is 6.07. The minimum absolute atomic E-state index is 0.0435. The molecular formula is C29H15F9N4O6. The van der Waals surface area contributed by atoms with Crippen molar-refractivity contribution in [2.75, 3.05) is 10.6 Å². The van der Waals surface area contributed by atoms with Crippen molar-refractivity contribution in [3.63, 3.8) is 0 Å². The number of halogens is 9. The lowest BCUT2D eigenvalue weighted by molar-refractivity contribution is -0.385. The molecule has 0 saturated heterocycles. The summed E-state index contributed by atoms with van der Waals surface area (Å²) >= 11 is 0. The molecule has 0 aliphatic heterocycles. The summed E-state index contributed by atoms with van der Waals surface area (Å²) in [7, 11) is 0. The van der Waals surface area contributed by atoms with Gasteiger partial charge in [0.2, 0.25) is 0 Å². The standard InChI is InChI=1S/C29H15F9N4O6/c30-27(31,32)22-11-16(3-8-19(22)20-10-7-18(42(47)48)13-24(20)29(36,37)38)40-26(44)21-9-4-15(12-23(21)28(33,34)35)39-25(43)14-1-5-17(6-2-14)41(45)46/h1-13H,(H,39,43)(H,40,44). The van der Waals surface area contributed by atoms with E-state index < -0.39 is 90.6 Å². The SMILES string of the molecule is O=C(Nc1ccc(C(=O)Nc2ccc(-c3ccc([N+](=O)[O-])cc3C(F)(F)F)c(C(F)(F)F)c2)c(C(F)(F)F)c1)c1ccc([N+](=O)[O-])cc1. The number of anilines is 2. The molecule has 0 atom stereocenters. The third-order valence-electron chi connectivity index (χ3n) is 6.56. The Balaban J connectivity index is 1.68. The Hall–Kier alpha value is -6.01. The quantitative estimate of drug-likeness (QED) is 0.113. The molecule has 4 aromatic rings. The predicted octanol–water partition coefficient (Wildman–Crippen LogP) is 8.73. The molecule has 0 unspecified atom stereocenters. The summed E-state index contributed by atoms with van der Waals surface area (Å²) in [6, 6.07) is 8.28. The van der Waals surface area contributed by atoms with Crippen LogP contribution in [0.25, 0.3) is 11.1 Å². The van der Waals surface area contributed by atoms with Crippen molar-refractivity contribution in [3.8, 4) is 11.1 Å². The largest absolute Gasteiger partial charge is 0.417 e. The highest BCUT2D eigenvalue weighted by Gasteiger charge is 2.40. The monoisotopic (exact) mass is 686 g/mol. The molecular weight excluding hydrogens is 671 g/mol. The van der Waals surface area contributed by atoms with Crippen LogP contribution < -0.4 is 10.6 Å². The van der Waals surface area contributed by atoms with Crippen molar-refractivity contribution in [2.24, 2.45) is 0 Å². The molecule has 4 rings (SSSR count). The smallest absolute Gasteiger partial charge is 0.322 e. The fourth-order valence-electron chi connectivity index (χ4n) is 4.40. The van der Waals surface area contributed by atoms with Crippen LogP contribution in [-0.4, -0.2) is 21.7 Å². The van der Waals surface area contributed by atoms with Crippen LogP contribution in [-0.2, 0) is 18.5 Å². The molecule has 0 bridgehead atoms. The van der Waals surface area contributed by atoms with Gasteiger partial charge in [0, 0.05) is 41.2 Å². The molecule has 2 N–H and O–H groups in total. The number of nitro benzene ring substituents is 2. The summed E-state index contributed by atoms with van der Waals surface area (Å²) in [5.41, 5.74) is -11.3. The van der Waals surface area contributed by atoms with E-state index in [1.807, 2.05) is 5.32 Å². The van der Waals surface area contributed by atoms with Crippen molar-refractivity contribution in [1.29, 1.82) is 0 Å². The molecule has 48 heavy (non-hydrogen) atoms. The number of nitrogens with zero attached hydrogens (tertiary/aromatic N) is 2. The minimum Gasteiger partial charge on any atom is -0.322 e. The summed E-state index contributed by atoms with van der Waals surface area (Å²) < 4.78 is 125. The van der Waals surface area contributed by atoms with Crippen LogP contribution in [0.2, 0.25) is 0 Å². The van der Waals surface area contributed by atoms with Gasteiger partial charge in [0.1, 0.15) is 0 Å². The first kappa shape index (κ1) is 34.9. The van der Waals surface area contributed by atoms with Crippen LogP contribution in [0.3, 0.4) is 0 Å². The molecule has 10 nitrogen and oxygen atoms in total. The van der Waals surface area contributed by atoms with Gasteiger partial charge in [-0.25, -0.2) is 0 Å². The Bertz CT molecular complexity index is 1940. The number of hydrogen-bond donors (Lipinski definition) is 2. The highest BCUT2D eigenvalue weighted by atomic mass is 19.4. The van der Waals surface area contributed by atoms with Gasteiger partial charge < -0.3 is 10.6 Å². The van der Waals surface area contributed by atoms with E-state index in [2.05, 4.69) is 5.32 Å². The number of hydrogen-bond acceptors (Lipinski definition) is 6. The topological polar surface area (TPSA) is 144 Å². The third kappa shape index (κ3) is 7.68. The van der Waals surface area contributed by atoms with Gasteiger partial charge in [0.25, 0.3) is 23.2 Å². The first-order valence-corrected chi connectivity index (χ1v) is 12.8. The van der Waals surface area contributed by atoms with Gasteiger partial charge >= 0.3 is 18.5 Å². The van der Waals surface area contributed by atoms with E-state index in [4.69, 9.17) is 0 Å². The summed E-state index contributed by atoms with van der Waals surface area (Å²) in [6.45, 7) is 0. The van der Waals surface area contributed by atoms with E-state index in [0.717, 1.165) is 30.3 Å². The first-order chi connectivity index (χ1) is 22.2. The van der Waals surface area contributed by atoms with Crippen LogP contribution in [0.15, 0.2) is 78.9 Å². The molecule has 0 fully saturated rings. The van der Waals surface area contributed by atoms with Gasteiger partial charge in [-0.1, -0.05) is 6.07 Å². The summed E-state index contributed by atoms with van der Waals surface area (Å²) in [5, 5.41) is 25.7. The molecule has 0 heterocycles. The van der Waals surface area contributed by atoms with Gasteiger partial charge in [0.15, 0.2) is 0 Å². The zero-order valence-electron chi connectivity index (χ0n) is 23.3. The third-order valence-corrected chi connectivity index (χ3v) is 6.56. The van der Waals surface area contributed by atoms with Gasteiger partial charge in [-0.2, -0.15) is 39.5 Å². The normalized spacial score (nSPS) is 11.9. The average molecular weight is 686 g/mol. The molecule has 19 heteroatoms. The molecule has 0 aliphatic carbocycles. The molecule has 0 saturated carbocycles. The summed E-state index contributed by atoms with van der Waals surface area (Å²) in [6.07, 6.45) is -16.0. The molecule has 250 valence electrons. The van der Waals surface area contributed by atoms with E-state index in [-0.39, 0.29) is 23.4 Å². The van der Waals surface area contributed by atoms with Crippen LogP contribution in [0, 0.1) is 20.2 Å². The number of non-ortho nitro benzene ring substituents is 2. The number of alkyl halides is 9. The lowest BCUT2D eigenvalue weighted by Gasteiger charge is -2.19. The Morgan fingerprint density at radius 1 is 0.521 bits per heavy atom. The maximum absolute atomic E-state index is 14.0. The number of nitrogens with one attached hydrogen (secondary N) is 2. The Morgan fingerprint density at radius 3 is 1.44 bits per heavy atom. The fourth-order valence-corrected chi connectivity index (χ4v) is 4.40. The minimum atomic E-state index is -5.37. The Kier molecular flexibility index (Phi) is 9.18. The lowest BCUT2D eigenvalue weighted by Crippen LogP contribution is -2.20. The second-order valence-electron chi connectivity index (χ2n) is 9.71. The van der Waals surface area contributed by atoms with Gasteiger partial charge in [-0.3, -0.25) is 29.8 Å². The molecule has 2 amide bonds. The van der Waals surface area contributed by atoms with Crippen molar-refractivity contribution in [2.45, 2.75) is 18.5 Å². The fraction of sp³-hybridized carbons (Fsp3) is 0.103. The van der Waals surface area contributed by atoms with E-state index in [9.17, 15) is 69.3 Å². The second kappa shape index (κ2) is 12.6. The van der Waals surface area contributed by atoms with E-state index in [0.29, 0.717) is 36.4 Å². The van der Waals surface area contributed by atoms with Crippen molar-refractivity contribution < 1.29 is 58.9 Å². The number of nitro groups is 2. The number of benzene rings is 4. The Morgan fingerprint density at radius 2 is 0.938 bits per heavy atom. The molecule has 4 aromatic carbocycles. The molecule has 0 aliphatic rings. The van der Waals surface area contributed by atoms with E-state index >= 15 is 0 Å². The average Bonchev–Trinajstić information content (AvgIpc) is 2.99. The van der Waals surface area contributed by atoms with E-state index in [1.165, 1.54) is 0 Å².